The van der Waals surface area contributed by atoms with Gasteiger partial charge in [0.2, 0.25) is 0 Å². The highest BCUT2D eigenvalue weighted by atomic mass is 14.3. The molecule has 0 saturated carbocycles. The van der Waals surface area contributed by atoms with E-state index in [1.165, 1.54) is 71.9 Å². The maximum absolute atomic E-state index is 4.69. The first-order valence-electron chi connectivity index (χ1n) is 15.6. The smallest absolute Gasteiger partial charge is 0.00959 e. The highest BCUT2D eigenvalue weighted by molar-refractivity contribution is 5.52. The summed E-state index contributed by atoms with van der Waals surface area (Å²) >= 11 is 0. The molecule has 0 aliphatic heterocycles. The molecule has 2 aliphatic carbocycles. The molecule has 38 heavy (non-hydrogen) atoms. The Morgan fingerprint density at radius 3 is 2.42 bits per heavy atom. The van der Waals surface area contributed by atoms with Crippen molar-refractivity contribution in [3.8, 4) is 0 Å². The predicted octanol–water partition coefficient (Wildman–Crippen LogP) is 12.1. The Bertz CT molecular complexity index is 1030. The van der Waals surface area contributed by atoms with Crippen molar-refractivity contribution in [1.82, 2.24) is 0 Å². The Hall–Kier alpha value is -2.08. The Morgan fingerprint density at radius 2 is 1.79 bits per heavy atom. The van der Waals surface area contributed by atoms with Crippen LogP contribution in [0.4, 0.5) is 0 Å². The minimum atomic E-state index is 0.363. The molecule has 0 radical (unpaired) electrons. The number of benzene rings is 1. The molecule has 1 aromatic rings. The molecule has 0 spiro atoms. The predicted molar refractivity (Wildman–Crippen MR) is 172 cm³/mol. The van der Waals surface area contributed by atoms with Gasteiger partial charge in [-0.15, -0.1) is 0 Å². The van der Waals surface area contributed by atoms with Gasteiger partial charge >= 0.3 is 0 Å². The zero-order valence-electron chi connectivity index (χ0n) is 26.5. The van der Waals surface area contributed by atoms with E-state index in [1.54, 1.807) is 11.1 Å². The van der Waals surface area contributed by atoms with Crippen LogP contribution < -0.4 is 0 Å². The summed E-state index contributed by atoms with van der Waals surface area (Å²) in [5.41, 5.74) is 11.8. The fraction of sp³-hybridized carbons (Fsp3) is 0.579. The summed E-state index contributed by atoms with van der Waals surface area (Å²) < 4.78 is 0. The van der Waals surface area contributed by atoms with Gasteiger partial charge in [-0.05, 0) is 114 Å². The summed E-state index contributed by atoms with van der Waals surface area (Å²) in [6, 6.07) is 9.35. The van der Waals surface area contributed by atoms with Crippen LogP contribution in [0.2, 0.25) is 0 Å². The van der Waals surface area contributed by atoms with Gasteiger partial charge in [0.05, 0.1) is 0 Å². The first-order valence-corrected chi connectivity index (χ1v) is 15.6. The molecule has 0 heteroatoms. The number of rotatable bonds is 9. The highest BCUT2D eigenvalue weighted by Crippen LogP contribution is 2.43. The van der Waals surface area contributed by atoms with Crippen LogP contribution in [-0.4, -0.2) is 0 Å². The Balaban J connectivity index is 0.00000247. The van der Waals surface area contributed by atoms with Gasteiger partial charge < -0.3 is 0 Å². The molecular formula is C38H58. The van der Waals surface area contributed by atoms with Gasteiger partial charge in [0.1, 0.15) is 0 Å². The van der Waals surface area contributed by atoms with Gasteiger partial charge in [-0.25, -0.2) is 0 Å². The van der Waals surface area contributed by atoms with Crippen LogP contribution in [0.3, 0.4) is 0 Å². The summed E-state index contributed by atoms with van der Waals surface area (Å²) in [6.45, 7) is 29.7. The lowest BCUT2D eigenvalue weighted by atomic mass is 9.70. The second-order valence-electron chi connectivity index (χ2n) is 12.7. The number of hydrogen-bond acceptors (Lipinski definition) is 0. The van der Waals surface area contributed by atoms with Crippen molar-refractivity contribution in [2.45, 2.75) is 126 Å². The van der Waals surface area contributed by atoms with Gasteiger partial charge in [-0.2, -0.15) is 0 Å². The molecule has 0 heterocycles. The second kappa shape index (κ2) is 14.9. The van der Waals surface area contributed by atoms with E-state index in [4.69, 9.17) is 6.58 Å². The second-order valence-corrected chi connectivity index (χ2v) is 12.7. The minimum absolute atomic E-state index is 0.363. The monoisotopic (exact) mass is 514 g/mol. The largest absolute Gasteiger partial charge is 0.0953 e. The molecule has 0 amide bonds. The number of aryl methyl sites for hydroxylation is 1. The van der Waals surface area contributed by atoms with Crippen LogP contribution in [0.25, 0.3) is 0 Å². The summed E-state index contributed by atoms with van der Waals surface area (Å²) in [5.74, 6) is 1.71. The van der Waals surface area contributed by atoms with E-state index < -0.39 is 0 Å². The minimum Gasteiger partial charge on any atom is -0.0953 e. The molecule has 0 unspecified atom stereocenters. The molecular weight excluding hydrogens is 456 g/mol. The van der Waals surface area contributed by atoms with Gasteiger partial charge in [0, 0.05) is 0 Å². The molecule has 0 bridgehead atoms. The van der Waals surface area contributed by atoms with Crippen LogP contribution in [0.15, 0.2) is 83.0 Å². The summed E-state index contributed by atoms with van der Waals surface area (Å²) in [5, 5.41) is 0. The fourth-order valence-corrected chi connectivity index (χ4v) is 6.21. The maximum atomic E-state index is 4.69. The molecule has 2 aliphatic rings. The topological polar surface area (TPSA) is 0 Å². The molecule has 0 fully saturated rings. The fourth-order valence-electron chi connectivity index (χ4n) is 6.21. The molecule has 0 saturated heterocycles. The third kappa shape index (κ3) is 8.46. The van der Waals surface area contributed by atoms with E-state index in [9.17, 15) is 0 Å². The molecule has 3 atom stereocenters. The summed E-state index contributed by atoms with van der Waals surface area (Å²) in [4.78, 5) is 0. The molecule has 210 valence electrons. The van der Waals surface area contributed by atoms with E-state index in [0.717, 1.165) is 25.2 Å². The molecule has 3 rings (SSSR count). The van der Waals surface area contributed by atoms with E-state index >= 15 is 0 Å². The van der Waals surface area contributed by atoms with Crippen LogP contribution >= 0.6 is 0 Å². The third-order valence-corrected chi connectivity index (χ3v) is 8.95. The number of allylic oxidation sites excluding steroid dienone is 8. The van der Waals surface area contributed by atoms with E-state index in [0.29, 0.717) is 17.3 Å². The quantitative estimate of drug-likeness (QED) is 0.307. The molecule has 0 nitrogen and oxygen atoms in total. The van der Waals surface area contributed by atoms with E-state index in [1.807, 2.05) is 13.8 Å². The molecule has 0 N–H and O–H groups in total. The normalized spacial score (nSPS) is 21.0. The van der Waals surface area contributed by atoms with Crippen molar-refractivity contribution in [3.05, 3.63) is 94.1 Å². The van der Waals surface area contributed by atoms with Crippen molar-refractivity contribution in [2.24, 2.45) is 17.3 Å². The van der Waals surface area contributed by atoms with Crippen LogP contribution in [-0.2, 0) is 6.42 Å². The Labute approximate surface area is 237 Å². The van der Waals surface area contributed by atoms with E-state index in [2.05, 4.69) is 91.5 Å². The maximum Gasteiger partial charge on any atom is -0.00959 e. The first-order chi connectivity index (χ1) is 18.0. The number of hydrogen-bond donors (Lipinski definition) is 0. The summed E-state index contributed by atoms with van der Waals surface area (Å²) in [6.07, 6.45) is 15.5. The van der Waals surface area contributed by atoms with Gasteiger partial charge in [0.15, 0.2) is 0 Å². The lowest BCUT2D eigenvalue weighted by Gasteiger charge is -2.35. The van der Waals surface area contributed by atoms with Crippen LogP contribution in [0, 0.1) is 17.3 Å². The average molecular weight is 515 g/mol. The van der Waals surface area contributed by atoms with Crippen molar-refractivity contribution in [2.75, 3.05) is 0 Å². The Morgan fingerprint density at radius 1 is 1.08 bits per heavy atom. The molecule has 0 aromatic heterocycles. The lowest BCUT2D eigenvalue weighted by Crippen LogP contribution is -2.23. The van der Waals surface area contributed by atoms with Gasteiger partial charge in [-0.1, -0.05) is 123 Å². The third-order valence-electron chi connectivity index (χ3n) is 8.95. The zero-order valence-corrected chi connectivity index (χ0v) is 26.5. The standard InChI is InChI=1S/C36H52.C2H6/c1-10-13-29-15-12-16-31(21-29)35(14-11-2)28(6)27(5)30-19-17-25(3)32(22-30)23-33-24-34(36(7,8)9)20-18-26(33)4;1-2/h12,15-16,21-23,28,34-35H,3,5,10-11,13-14,17-20,24H2,1-2,4,6-9H3;1-2H3/b32-23-;/t28-,34-,35-;/m0./s1. The van der Waals surface area contributed by atoms with Crippen LogP contribution in [0.1, 0.15) is 131 Å². The van der Waals surface area contributed by atoms with E-state index in [-0.39, 0.29) is 0 Å². The van der Waals surface area contributed by atoms with Crippen molar-refractivity contribution in [1.29, 1.82) is 0 Å². The van der Waals surface area contributed by atoms with Gasteiger partial charge in [0.25, 0.3) is 0 Å². The zero-order chi connectivity index (χ0) is 28.5. The van der Waals surface area contributed by atoms with Gasteiger partial charge in [-0.3, -0.25) is 0 Å². The highest BCUT2D eigenvalue weighted by Gasteiger charge is 2.29. The Kier molecular flexibility index (Phi) is 12.6. The first kappa shape index (κ1) is 32.1. The SMILES string of the molecule is C=C1CCC(C(=C)[C@H](C)[C@H](CCC)c2cccc(CCC)c2)=C/C1=C/C1=C(C)CC[C@H](C(C)(C)C)C1.CC. The average Bonchev–Trinajstić information content (AvgIpc) is 2.90. The van der Waals surface area contributed by atoms with Crippen molar-refractivity contribution < 1.29 is 0 Å². The van der Waals surface area contributed by atoms with Crippen LogP contribution in [0.5, 0.6) is 0 Å². The molecule has 1 aromatic carbocycles. The lowest BCUT2D eigenvalue weighted by molar-refractivity contribution is 0.217. The van der Waals surface area contributed by atoms with Crippen molar-refractivity contribution >= 4 is 0 Å². The summed E-state index contributed by atoms with van der Waals surface area (Å²) in [7, 11) is 0. The van der Waals surface area contributed by atoms with Crippen molar-refractivity contribution in [3.63, 3.8) is 0 Å².